The molecule has 5 heterocycles. The Bertz CT molecular complexity index is 1790. The number of carbonyl (C=O) groups excluding carboxylic acids is 1. The van der Waals surface area contributed by atoms with Crippen LogP contribution >= 0.6 is 0 Å². The van der Waals surface area contributed by atoms with E-state index in [0.29, 0.717) is 94.8 Å². The van der Waals surface area contributed by atoms with Gasteiger partial charge in [-0.15, -0.1) is 0 Å². The lowest BCUT2D eigenvalue weighted by molar-refractivity contribution is -0.133. The van der Waals surface area contributed by atoms with Crippen molar-refractivity contribution in [3.63, 3.8) is 0 Å². The zero-order chi connectivity index (χ0) is 32.4. The van der Waals surface area contributed by atoms with Gasteiger partial charge in [0, 0.05) is 43.0 Å². The Morgan fingerprint density at radius 2 is 1.68 bits per heavy atom. The average Bonchev–Trinajstić information content (AvgIpc) is 3.71. The van der Waals surface area contributed by atoms with Gasteiger partial charge in [-0.1, -0.05) is 25.1 Å². The minimum absolute atomic E-state index is 0.0967. The van der Waals surface area contributed by atoms with Crippen LogP contribution in [0.1, 0.15) is 36.5 Å². The Morgan fingerprint density at radius 3 is 2.47 bits per heavy atom. The number of ether oxygens (including phenoxy) is 4. The molecule has 1 aliphatic rings. The normalized spacial score (nSPS) is 13.1. The number of nitrogens with one attached hydrogen (secondary N) is 1. The zero-order valence-electron chi connectivity index (χ0n) is 26.8. The summed E-state index contributed by atoms with van der Waals surface area (Å²) >= 11 is 0. The second kappa shape index (κ2) is 15.9. The van der Waals surface area contributed by atoms with Crippen molar-refractivity contribution in [2.75, 3.05) is 65.1 Å². The summed E-state index contributed by atoms with van der Waals surface area (Å²) in [5, 5.41) is 6.63. The summed E-state index contributed by atoms with van der Waals surface area (Å²) in [5.74, 6) is 0.476. The topological polar surface area (TPSA) is 156 Å². The molecule has 13 nitrogen and oxygen atoms in total. The predicted molar refractivity (Wildman–Crippen MR) is 178 cm³/mol. The summed E-state index contributed by atoms with van der Waals surface area (Å²) in [7, 11) is 0. The SMILES string of the molecule is CCCOCCOCCOCCOCCC(=O)N1CCc2cc(Cn3nc(-c4cnc5[nH]ccc5c4)c4c(N)ncnc43)ccc2C1. The van der Waals surface area contributed by atoms with Crippen molar-refractivity contribution < 1.29 is 23.7 Å². The molecule has 0 radical (unpaired) electrons. The third-order valence-corrected chi connectivity index (χ3v) is 8.12. The maximum atomic E-state index is 12.9. The standard InChI is InChI=1S/C34H42N8O5/c1-2-10-44-12-14-46-16-17-47-15-13-45-11-7-29(43)41-9-6-25-18-24(3-4-27(25)22-41)21-42-34-30(32(35)38-23-39-34)31(40-42)28-19-26-5-8-36-33(26)37-20-28/h3-5,8,18-20,23H,2,6-7,9-17,21-22H2,1H3,(H,36,37)(H2,35,38,39). The van der Waals surface area contributed by atoms with Crippen LogP contribution in [0, 0.1) is 0 Å². The third-order valence-electron chi connectivity index (χ3n) is 8.12. The molecule has 0 spiro atoms. The molecule has 47 heavy (non-hydrogen) atoms. The Morgan fingerprint density at radius 1 is 0.915 bits per heavy atom. The van der Waals surface area contributed by atoms with Crippen molar-refractivity contribution in [3.8, 4) is 11.3 Å². The molecule has 0 atom stereocenters. The highest BCUT2D eigenvalue weighted by molar-refractivity contribution is 5.99. The highest BCUT2D eigenvalue weighted by atomic mass is 16.6. The van der Waals surface area contributed by atoms with E-state index in [2.05, 4.69) is 45.1 Å². The fourth-order valence-corrected chi connectivity index (χ4v) is 5.73. The molecule has 3 N–H and O–H groups in total. The number of anilines is 1. The number of hydrogen-bond acceptors (Lipinski definition) is 10. The van der Waals surface area contributed by atoms with Crippen LogP contribution in [0.3, 0.4) is 0 Å². The lowest BCUT2D eigenvalue weighted by Gasteiger charge is -2.29. The number of amides is 1. The van der Waals surface area contributed by atoms with E-state index in [1.54, 1.807) is 6.20 Å². The van der Waals surface area contributed by atoms with Gasteiger partial charge in [0.05, 0.1) is 64.6 Å². The monoisotopic (exact) mass is 642 g/mol. The number of aromatic amines is 1. The highest BCUT2D eigenvalue weighted by Gasteiger charge is 2.22. The van der Waals surface area contributed by atoms with E-state index < -0.39 is 0 Å². The maximum absolute atomic E-state index is 12.9. The van der Waals surface area contributed by atoms with Crippen molar-refractivity contribution in [1.29, 1.82) is 0 Å². The van der Waals surface area contributed by atoms with Gasteiger partial charge in [-0.3, -0.25) is 4.79 Å². The molecule has 1 aromatic carbocycles. The number of nitrogen functional groups attached to an aromatic ring is 1. The van der Waals surface area contributed by atoms with Crippen LogP contribution in [-0.2, 0) is 43.3 Å². The van der Waals surface area contributed by atoms with Gasteiger partial charge >= 0.3 is 0 Å². The number of nitrogens with zero attached hydrogens (tertiary/aromatic N) is 6. The Hall–Kier alpha value is -4.43. The second-order valence-corrected chi connectivity index (χ2v) is 11.5. The first kappa shape index (κ1) is 32.5. The molecule has 0 aliphatic carbocycles. The molecule has 0 fully saturated rings. The first-order chi connectivity index (χ1) is 23.1. The van der Waals surface area contributed by atoms with Crippen LogP contribution < -0.4 is 5.73 Å². The Kier molecular flexibility index (Phi) is 11.0. The molecular weight excluding hydrogens is 600 g/mol. The molecule has 248 valence electrons. The molecule has 0 saturated heterocycles. The van der Waals surface area contributed by atoms with Crippen molar-refractivity contribution in [2.45, 2.75) is 39.3 Å². The highest BCUT2D eigenvalue weighted by Crippen LogP contribution is 2.32. The number of fused-ring (bicyclic) bond motifs is 3. The fraction of sp³-hybridized carbons (Fsp3) is 0.441. The van der Waals surface area contributed by atoms with Crippen LogP contribution in [0.25, 0.3) is 33.3 Å². The molecular formula is C34H42N8O5. The molecule has 13 heteroatoms. The second-order valence-electron chi connectivity index (χ2n) is 11.5. The maximum Gasteiger partial charge on any atom is 0.225 e. The van der Waals surface area contributed by atoms with Gasteiger partial charge in [0.1, 0.15) is 23.5 Å². The molecule has 1 amide bonds. The van der Waals surface area contributed by atoms with E-state index in [0.717, 1.165) is 47.2 Å². The molecule has 0 bridgehead atoms. The van der Waals surface area contributed by atoms with Gasteiger partial charge in [-0.05, 0) is 41.7 Å². The molecule has 5 aromatic rings. The van der Waals surface area contributed by atoms with Crippen LogP contribution in [0.2, 0.25) is 0 Å². The van der Waals surface area contributed by atoms with Crippen LogP contribution in [0.4, 0.5) is 5.82 Å². The van der Waals surface area contributed by atoms with Crippen molar-refractivity contribution in [1.82, 2.24) is 34.6 Å². The number of nitrogens with two attached hydrogens (primary N) is 1. The van der Waals surface area contributed by atoms with E-state index in [9.17, 15) is 4.79 Å². The summed E-state index contributed by atoms with van der Waals surface area (Å²) in [5.41, 5.74) is 12.9. The summed E-state index contributed by atoms with van der Waals surface area (Å²) in [6, 6.07) is 10.4. The average molecular weight is 643 g/mol. The van der Waals surface area contributed by atoms with Crippen molar-refractivity contribution >= 4 is 33.8 Å². The lowest BCUT2D eigenvalue weighted by atomic mass is 9.97. The van der Waals surface area contributed by atoms with E-state index in [4.69, 9.17) is 29.8 Å². The Balaban J connectivity index is 0.983. The molecule has 0 unspecified atom stereocenters. The number of benzene rings is 1. The van der Waals surface area contributed by atoms with Gasteiger partial charge in [-0.2, -0.15) is 5.10 Å². The van der Waals surface area contributed by atoms with Crippen LogP contribution in [0.5, 0.6) is 0 Å². The summed E-state index contributed by atoms with van der Waals surface area (Å²) < 4.78 is 23.8. The van der Waals surface area contributed by atoms with Crippen LogP contribution in [0.15, 0.2) is 49.1 Å². The largest absolute Gasteiger partial charge is 0.383 e. The smallest absolute Gasteiger partial charge is 0.225 e. The van der Waals surface area contributed by atoms with Crippen molar-refractivity contribution in [3.05, 3.63) is 65.7 Å². The Labute approximate surface area is 273 Å². The van der Waals surface area contributed by atoms with E-state index in [-0.39, 0.29) is 5.91 Å². The summed E-state index contributed by atoms with van der Waals surface area (Å²) in [6.45, 7) is 8.14. The molecule has 0 saturated carbocycles. The number of hydrogen-bond donors (Lipinski definition) is 2. The molecule has 4 aromatic heterocycles. The third kappa shape index (κ3) is 8.11. The number of carbonyl (C=O) groups is 1. The minimum Gasteiger partial charge on any atom is -0.383 e. The fourth-order valence-electron chi connectivity index (χ4n) is 5.73. The number of pyridine rings is 1. The quantitative estimate of drug-likeness (QED) is 0.143. The summed E-state index contributed by atoms with van der Waals surface area (Å²) in [6.07, 6.45) is 7.26. The number of aromatic nitrogens is 6. The first-order valence-corrected chi connectivity index (χ1v) is 16.2. The zero-order valence-corrected chi connectivity index (χ0v) is 26.8. The van der Waals surface area contributed by atoms with Gasteiger partial charge in [0.15, 0.2) is 5.65 Å². The first-order valence-electron chi connectivity index (χ1n) is 16.2. The minimum atomic E-state index is 0.0967. The molecule has 1 aliphatic heterocycles. The summed E-state index contributed by atoms with van der Waals surface area (Å²) in [4.78, 5) is 31.2. The molecule has 6 rings (SSSR count). The van der Waals surface area contributed by atoms with Crippen molar-refractivity contribution in [2.24, 2.45) is 0 Å². The lowest BCUT2D eigenvalue weighted by Crippen LogP contribution is -2.36. The van der Waals surface area contributed by atoms with E-state index in [1.807, 2.05) is 27.9 Å². The predicted octanol–water partition coefficient (Wildman–Crippen LogP) is 3.75. The van der Waals surface area contributed by atoms with E-state index >= 15 is 0 Å². The van der Waals surface area contributed by atoms with Gasteiger partial charge in [-0.25, -0.2) is 19.6 Å². The van der Waals surface area contributed by atoms with Gasteiger partial charge in [0.25, 0.3) is 0 Å². The van der Waals surface area contributed by atoms with Gasteiger partial charge < -0.3 is 34.6 Å². The number of H-pyrrole nitrogens is 1. The number of rotatable bonds is 17. The van der Waals surface area contributed by atoms with Crippen LogP contribution in [-0.4, -0.2) is 99.9 Å². The van der Waals surface area contributed by atoms with Gasteiger partial charge in [0.2, 0.25) is 5.91 Å². The van der Waals surface area contributed by atoms with E-state index in [1.165, 1.54) is 11.9 Å².